The Balaban J connectivity index is 1.84. The van der Waals surface area contributed by atoms with Crippen molar-refractivity contribution in [2.45, 2.75) is 6.42 Å². The minimum Gasteiger partial charge on any atom is -0.399 e. The molecule has 1 heterocycles. The monoisotopic (exact) mass is 344 g/mol. The van der Waals surface area contributed by atoms with E-state index in [1.807, 2.05) is 30.3 Å². The molecule has 0 spiro atoms. The molecule has 1 aromatic heterocycles. The SMILES string of the molecule is Nc1ccc(-c2csc(Cc3ccccc3Br)n2)cc1. The molecule has 0 atom stereocenters. The highest BCUT2D eigenvalue weighted by molar-refractivity contribution is 9.10. The average molecular weight is 345 g/mol. The van der Waals surface area contributed by atoms with Gasteiger partial charge in [-0.2, -0.15) is 0 Å². The maximum absolute atomic E-state index is 5.71. The summed E-state index contributed by atoms with van der Waals surface area (Å²) in [6, 6.07) is 16.1. The van der Waals surface area contributed by atoms with Crippen molar-refractivity contribution >= 4 is 33.0 Å². The molecule has 3 rings (SSSR count). The van der Waals surface area contributed by atoms with E-state index in [2.05, 4.69) is 39.5 Å². The summed E-state index contributed by atoms with van der Waals surface area (Å²) in [5.41, 5.74) is 9.85. The zero-order valence-electron chi connectivity index (χ0n) is 10.7. The van der Waals surface area contributed by atoms with Gasteiger partial charge in [-0.05, 0) is 23.8 Å². The molecule has 0 saturated carbocycles. The van der Waals surface area contributed by atoms with Crippen molar-refractivity contribution in [1.29, 1.82) is 0 Å². The van der Waals surface area contributed by atoms with Crippen LogP contribution in [0.3, 0.4) is 0 Å². The van der Waals surface area contributed by atoms with Gasteiger partial charge in [-0.25, -0.2) is 4.98 Å². The number of anilines is 1. The highest BCUT2D eigenvalue weighted by Gasteiger charge is 2.07. The number of halogens is 1. The van der Waals surface area contributed by atoms with Crippen molar-refractivity contribution in [3.63, 3.8) is 0 Å². The number of thiazole rings is 1. The predicted octanol–water partition coefficient (Wildman–Crippen LogP) is 4.75. The molecule has 3 aromatic rings. The van der Waals surface area contributed by atoms with Gasteiger partial charge in [-0.15, -0.1) is 11.3 Å². The summed E-state index contributed by atoms with van der Waals surface area (Å²) in [5, 5.41) is 3.21. The van der Waals surface area contributed by atoms with E-state index in [1.54, 1.807) is 11.3 Å². The first-order chi connectivity index (χ1) is 9.72. The van der Waals surface area contributed by atoms with Gasteiger partial charge < -0.3 is 5.73 Å². The molecular weight excluding hydrogens is 332 g/mol. The van der Waals surface area contributed by atoms with Crippen LogP contribution in [0.1, 0.15) is 10.6 Å². The highest BCUT2D eigenvalue weighted by atomic mass is 79.9. The Labute approximate surface area is 130 Å². The quantitative estimate of drug-likeness (QED) is 0.696. The maximum Gasteiger partial charge on any atom is 0.0976 e. The summed E-state index contributed by atoms with van der Waals surface area (Å²) in [6.07, 6.45) is 0.848. The third-order valence-corrected chi connectivity index (χ3v) is 4.68. The van der Waals surface area contributed by atoms with Crippen LogP contribution in [-0.4, -0.2) is 4.98 Å². The van der Waals surface area contributed by atoms with E-state index in [-0.39, 0.29) is 0 Å². The zero-order valence-corrected chi connectivity index (χ0v) is 13.1. The molecule has 0 amide bonds. The summed E-state index contributed by atoms with van der Waals surface area (Å²) < 4.78 is 1.13. The topological polar surface area (TPSA) is 38.9 Å². The average Bonchev–Trinajstić information content (AvgIpc) is 2.91. The lowest BCUT2D eigenvalue weighted by Gasteiger charge is -2.01. The summed E-state index contributed by atoms with van der Waals surface area (Å²) in [6.45, 7) is 0. The summed E-state index contributed by atoms with van der Waals surface area (Å²) in [5.74, 6) is 0. The molecule has 2 aromatic carbocycles. The Kier molecular flexibility index (Phi) is 3.85. The number of nitrogens with two attached hydrogens (primary N) is 1. The standard InChI is InChI=1S/C16H13BrN2S/c17-14-4-2-1-3-12(14)9-16-19-15(10-20-16)11-5-7-13(18)8-6-11/h1-8,10H,9,18H2. The van der Waals surface area contributed by atoms with Crippen LogP contribution in [0.5, 0.6) is 0 Å². The fourth-order valence-electron chi connectivity index (χ4n) is 1.98. The van der Waals surface area contributed by atoms with E-state index in [0.717, 1.165) is 32.8 Å². The lowest BCUT2D eigenvalue weighted by molar-refractivity contribution is 1.13. The smallest absolute Gasteiger partial charge is 0.0976 e. The molecule has 0 aliphatic heterocycles. The van der Waals surface area contributed by atoms with E-state index in [1.165, 1.54) is 5.56 Å². The van der Waals surface area contributed by atoms with Crippen LogP contribution in [0, 0.1) is 0 Å². The second kappa shape index (κ2) is 5.77. The molecule has 0 saturated heterocycles. The Morgan fingerprint density at radius 2 is 1.80 bits per heavy atom. The molecule has 2 nitrogen and oxygen atoms in total. The summed E-state index contributed by atoms with van der Waals surface area (Å²) in [4.78, 5) is 4.70. The lowest BCUT2D eigenvalue weighted by Crippen LogP contribution is -1.89. The van der Waals surface area contributed by atoms with Crippen LogP contribution in [0.2, 0.25) is 0 Å². The van der Waals surface area contributed by atoms with Gasteiger partial charge >= 0.3 is 0 Å². The van der Waals surface area contributed by atoms with Crippen molar-refractivity contribution in [2.24, 2.45) is 0 Å². The molecule has 2 N–H and O–H groups in total. The number of rotatable bonds is 3. The van der Waals surface area contributed by atoms with Crippen molar-refractivity contribution < 1.29 is 0 Å². The van der Waals surface area contributed by atoms with Gasteiger partial charge in [0.1, 0.15) is 0 Å². The maximum atomic E-state index is 5.71. The Morgan fingerprint density at radius 1 is 1.05 bits per heavy atom. The van der Waals surface area contributed by atoms with Gasteiger partial charge in [0.15, 0.2) is 0 Å². The largest absolute Gasteiger partial charge is 0.399 e. The Bertz CT molecular complexity index is 719. The van der Waals surface area contributed by atoms with Gasteiger partial charge in [0.05, 0.1) is 10.7 Å². The van der Waals surface area contributed by atoms with Crippen molar-refractivity contribution in [3.8, 4) is 11.3 Å². The normalized spacial score (nSPS) is 10.7. The molecule has 4 heteroatoms. The second-order valence-corrected chi connectivity index (χ2v) is 6.31. The van der Waals surface area contributed by atoms with Gasteiger partial charge in [0, 0.05) is 27.5 Å². The molecule has 0 unspecified atom stereocenters. The highest BCUT2D eigenvalue weighted by Crippen LogP contribution is 2.26. The van der Waals surface area contributed by atoms with E-state index in [0.29, 0.717) is 0 Å². The predicted molar refractivity (Wildman–Crippen MR) is 88.9 cm³/mol. The van der Waals surface area contributed by atoms with Crippen LogP contribution < -0.4 is 5.73 Å². The summed E-state index contributed by atoms with van der Waals surface area (Å²) in [7, 11) is 0. The Hall–Kier alpha value is -1.65. The number of nitrogens with zero attached hydrogens (tertiary/aromatic N) is 1. The molecule has 0 fully saturated rings. The van der Waals surface area contributed by atoms with E-state index >= 15 is 0 Å². The van der Waals surface area contributed by atoms with Gasteiger partial charge in [-0.3, -0.25) is 0 Å². The van der Waals surface area contributed by atoms with Crippen LogP contribution in [-0.2, 0) is 6.42 Å². The first-order valence-corrected chi connectivity index (χ1v) is 7.93. The lowest BCUT2D eigenvalue weighted by atomic mass is 10.1. The fourth-order valence-corrected chi connectivity index (χ4v) is 3.23. The minimum atomic E-state index is 0.775. The van der Waals surface area contributed by atoms with Gasteiger partial charge in [-0.1, -0.05) is 46.3 Å². The molecule has 0 aliphatic rings. The summed E-state index contributed by atoms with van der Waals surface area (Å²) >= 11 is 5.27. The zero-order chi connectivity index (χ0) is 13.9. The van der Waals surface area contributed by atoms with E-state index < -0.39 is 0 Å². The number of aromatic nitrogens is 1. The van der Waals surface area contributed by atoms with Crippen molar-refractivity contribution in [3.05, 3.63) is 69.0 Å². The molecular formula is C16H13BrN2S. The van der Waals surface area contributed by atoms with Crippen LogP contribution in [0.25, 0.3) is 11.3 Å². The molecule has 0 aliphatic carbocycles. The molecule has 100 valence electrons. The number of benzene rings is 2. The fraction of sp³-hybridized carbons (Fsp3) is 0.0625. The molecule has 0 bridgehead atoms. The van der Waals surface area contributed by atoms with E-state index in [4.69, 9.17) is 10.7 Å². The third-order valence-electron chi connectivity index (χ3n) is 3.06. The van der Waals surface area contributed by atoms with Gasteiger partial charge in [0.2, 0.25) is 0 Å². The van der Waals surface area contributed by atoms with Gasteiger partial charge in [0.25, 0.3) is 0 Å². The van der Waals surface area contributed by atoms with Crippen LogP contribution in [0.4, 0.5) is 5.69 Å². The number of nitrogen functional groups attached to an aromatic ring is 1. The second-order valence-electron chi connectivity index (χ2n) is 4.52. The van der Waals surface area contributed by atoms with Crippen LogP contribution >= 0.6 is 27.3 Å². The molecule has 0 radical (unpaired) electrons. The first-order valence-electron chi connectivity index (χ1n) is 6.26. The Morgan fingerprint density at radius 3 is 2.55 bits per heavy atom. The minimum absolute atomic E-state index is 0.775. The van der Waals surface area contributed by atoms with Crippen molar-refractivity contribution in [2.75, 3.05) is 5.73 Å². The van der Waals surface area contributed by atoms with Crippen LogP contribution in [0.15, 0.2) is 58.4 Å². The molecule has 20 heavy (non-hydrogen) atoms. The first kappa shape index (κ1) is 13.3. The van der Waals surface area contributed by atoms with Crippen molar-refractivity contribution in [1.82, 2.24) is 4.98 Å². The number of hydrogen-bond donors (Lipinski definition) is 1. The number of hydrogen-bond acceptors (Lipinski definition) is 3. The van der Waals surface area contributed by atoms with E-state index in [9.17, 15) is 0 Å². The third kappa shape index (κ3) is 2.92.